The van der Waals surface area contributed by atoms with Crippen LogP contribution in [-0.2, 0) is 12.4 Å². The van der Waals surface area contributed by atoms with E-state index in [9.17, 15) is 31.1 Å². The van der Waals surface area contributed by atoms with Gasteiger partial charge in [0.25, 0.3) is 0 Å². The van der Waals surface area contributed by atoms with E-state index in [1.165, 1.54) is 60.7 Å². The number of primary amides is 1. The van der Waals surface area contributed by atoms with Gasteiger partial charge in [0.05, 0.1) is 33.0 Å². The summed E-state index contributed by atoms with van der Waals surface area (Å²) in [6, 6.07) is 19.6. The normalized spacial score (nSPS) is 12.0. The smallest absolute Gasteiger partial charge is 0.351 e. The lowest BCUT2D eigenvalue weighted by molar-refractivity contribution is -0.137. The highest BCUT2D eigenvalue weighted by Crippen LogP contribution is 2.45. The molecule has 0 radical (unpaired) electrons. The molecule has 0 atom stereocenters. The topological polar surface area (TPSA) is 59.2 Å². The van der Waals surface area contributed by atoms with Crippen LogP contribution >= 0.6 is 11.6 Å². The van der Waals surface area contributed by atoms with Crippen molar-refractivity contribution in [2.75, 3.05) is 4.90 Å². The molecule has 2 N–H and O–H groups in total. The van der Waals surface area contributed by atoms with E-state index in [4.69, 9.17) is 17.3 Å². The Hall–Kier alpha value is -4.57. The number of nitrogens with two attached hydrogens (primary N) is 1. The Morgan fingerprint density at radius 1 is 0.756 bits per heavy atom. The van der Waals surface area contributed by atoms with Crippen LogP contribution < -0.4 is 10.6 Å². The maximum atomic E-state index is 14.0. The quantitative estimate of drug-likeness (QED) is 0.214. The largest absolute Gasteiger partial charge is 0.418 e. The third-order valence-electron chi connectivity index (χ3n) is 6.43. The number of rotatable bonds is 4. The van der Waals surface area contributed by atoms with Gasteiger partial charge in [-0.15, -0.1) is 0 Å². The highest BCUT2D eigenvalue weighted by atomic mass is 35.5. The van der Waals surface area contributed by atoms with Gasteiger partial charge in [-0.2, -0.15) is 26.3 Å². The van der Waals surface area contributed by atoms with Gasteiger partial charge >= 0.3 is 18.4 Å². The Morgan fingerprint density at radius 3 is 2.07 bits per heavy atom. The standard InChI is InChI=1S/C30H18ClF6N3O/c31-24-13-3-4-14-25(24)40(28(38)41)18-8-5-7-17(15-18)26-20-10-6-12-23(30(35,36)37)27(20)39-16-21(26)19-9-1-2-11-22(19)29(32,33)34/h1-16H,(H2,38,41). The number of benzene rings is 4. The maximum absolute atomic E-state index is 14.0. The number of pyridine rings is 1. The van der Waals surface area contributed by atoms with Crippen LogP contribution in [0.2, 0.25) is 5.02 Å². The number of fused-ring (bicyclic) bond motifs is 1. The van der Waals surface area contributed by atoms with E-state index in [-0.39, 0.29) is 44.0 Å². The fourth-order valence-electron chi connectivity index (χ4n) is 4.75. The molecule has 5 rings (SSSR count). The van der Waals surface area contributed by atoms with Crippen LogP contribution in [0.15, 0.2) is 97.2 Å². The SMILES string of the molecule is NC(=O)N(c1cccc(-c2c(-c3ccccc3C(F)(F)F)cnc3c(C(F)(F)F)cccc23)c1)c1ccccc1Cl. The first-order chi connectivity index (χ1) is 19.4. The molecule has 1 heterocycles. The molecule has 11 heteroatoms. The summed E-state index contributed by atoms with van der Waals surface area (Å²) in [4.78, 5) is 17.6. The molecule has 0 saturated heterocycles. The van der Waals surface area contributed by atoms with Crippen molar-refractivity contribution in [1.82, 2.24) is 4.98 Å². The van der Waals surface area contributed by atoms with Gasteiger partial charge < -0.3 is 5.73 Å². The Kier molecular flexibility index (Phi) is 7.12. The predicted octanol–water partition coefficient (Wildman–Crippen LogP) is 9.48. The van der Waals surface area contributed by atoms with Gasteiger partial charge in [-0.1, -0.05) is 66.2 Å². The minimum Gasteiger partial charge on any atom is -0.351 e. The monoisotopic (exact) mass is 585 g/mol. The van der Waals surface area contributed by atoms with Gasteiger partial charge in [-0.25, -0.2) is 4.79 Å². The number of alkyl halides is 6. The second kappa shape index (κ2) is 10.4. The number of amides is 2. The molecule has 0 bridgehead atoms. The van der Waals surface area contributed by atoms with Gasteiger partial charge in [-0.05, 0) is 47.5 Å². The van der Waals surface area contributed by atoms with Crippen molar-refractivity contribution in [3.8, 4) is 22.3 Å². The molecule has 0 aliphatic rings. The fraction of sp³-hybridized carbons (Fsp3) is 0.0667. The Balaban J connectivity index is 1.85. The molecule has 41 heavy (non-hydrogen) atoms. The highest BCUT2D eigenvalue weighted by molar-refractivity contribution is 6.34. The van der Waals surface area contributed by atoms with Gasteiger partial charge in [0, 0.05) is 22.7 Å². The second-order valence-electron chi connectivity index (χ2n) is 8.97. The summed E-state index contributed by atoms with van der Waals surface area (Å²) in [5.41, 5.74) is 3.59. The molecule has 0 fully saturated rings. The fourth-order valence-corrected chi connectivity index (χ4v) is 4.97. The lowest BCUT2D eigenvalue weighted by Gasteiger charge is -2.23. The van der Waals surface area contributed by atoms with E-state index in [1.54, 1.807) is 18.2 Å². The predicted molar refractivity (Wildman–Crippen MR) is 146 cm³/mol. The van der Waals surface area contributed by atoms with E-state index in [2.05, 4.69) is 4.98 Å². The molecule has 2 amide bonds. The lowest BCUT2D eigenvalue weighted by Crippen LogP contribution is -2.31. The Morgan fingerprint density at radius 2 is 1.39 bits per heavy atom. The van der Waals surface area contributed by atoms with Crippen molar-refractivity contribution in [1.29, 1.82) is 0 Å². The summed E-state index contributed by atoms with van der Waals surface area (Å²) in [7, 11) is 0. The molecule has 1 aromatic heterocycles. The summed E-state index contributed by atoms with van der Waals surface area (Å²) in [5, 5.41) is 0.162. The van der Waals surface area contributed by atoms with Gasteiger partial charge in [0.2, 0.25) is 0 Å². The number of para-hydroxylation sites is 2. The highest BCUT2D eigenvalue weighted by Gasteiger charge is 2.36. The average Bonchev–Trinajstić information content (AvgIpc) is 2.92. The van der Waals surface area contributed by atoms with Gasteiger partial charge in [0.15, 0.2) is 0 Å². The zero-order valence-electron chi connectivity index (χ0n) is 20.8. The number of halogens is 7. The van der Waals surface area contributed by atoms with Crippen molar-refractivity contribution in [3.05, 3.63) is 113 Å². The number of anilines is 2. The molecule has 208 valence electrons. The third kappa shape index (κ3) is 5.30. The first kappa shape index (κ1) is 28.0. The molecule has 0 spiro atoms. The zero-order valence-corrected chi connectivity index (χ0v) is 21.5. The number of urea groups is 1. The first-order valence-electron chi connectivity index (χ1n) is 12.0. The van der Waals surface area contributed by atoms with Crippen molar-refractivity contribution in [2.24, 2.45) is 5.73 Å². The van der Waals surface area contributed by atoms with E-state index >= 15 is 0 Å². The summed E-state index contributed by atoms with van der Waals surface area (Å²) in [5.74, 6) is 0. The van der Waals surface area contributed by atoms with Gasteiger partial charge in [0.1, 0.15) is 0 Å². The third-order valence-corrected chi connectivity index (χ3v) is 6.75. The summed E-state index contributed by atoms with van der Waals surface area (Å²) in [6.45, 7) is 0. The molecule has 5 aromatic rings. The van der Waals surface area contributed by atoms with Crippen LogP contribution in [0.3, 0.4) is 0 Å². The number of aromatic nitrogens is 1. The number of hydrogen-bond acceptors (Lipinski definition) is 2. The number of hydrogen-bond donors (Lipinski definition) is 1. The van der Waals surface area contributed by atoms with Crippen LogP contribution in [0.4, 0.5) is 42.5 Å². The molecule has 0 saturated carbocycles. The zero-order chi connectivity index (χ0) is 29.5. The minimum absolute atomic E-state index is 0.0326. The molecule has 0 unspecified atom stereocenters. The molecule has 0 aliphatic heterocycles. The van der Waals surface area contributed by atoms with Crippen LogP contribution in [0.25, 0.3) is 33.2 Å². The number of carbonyl (C=O) groups excluding carboxylic acids is 1. The van der Waals surface area contributed by atoms with E-state index in [0.717, 1.165) is 23.2 Å². The van der Waals surface area contributed by atoms with E-state index < -0.39 is 35.0 Å². The van der Waals surface area contributed by atoms with Crippen molar-refractivity contribution >= 4 is 39.9 Å². The van der Waals surface area contributed by atoms with Crippen molar-refractivity contribution < 1.29 is 31.1 Å². The van der Waals surface area contributed by atoms with Crippen LogP contribution in [0.1, 0.15) is 11.1 Å². The molecule has 4 aromatic carbocycles. The average molecular weight is 586 g/mol. The summed E-state index contributed by atoms with van der Waals surface area (Å²) < 4.78 is 83.9. The lowest BCUT2D eigenvalue weighted by atomic mass is 9.89. The van der Waals surface area contributed by atoms with Crippen LogP contribution in [0.5, 0.6) is 0 Å². The van der Waals surface area contributed by atoms with E-state index in [1.807, 2.05) is 0 Å². The minimum atomic E-state index is -4.77. The number of carbonyl (C=O) groups is 1. The second-order valence-corrected chi connectivity index (χ2v) is 9.37. The van der Waals surface area contributed by atoms with Gasteiger partial charge in [-0.3, -0.25) is 9.88 Å². The van der Waals surface area contributed by atoms with Crippen LogP contribution in [-0.4, -0.2) is 11.0 Å². The van der Waals surface area contributed by atoms with Crippen molar-refractivity contribution in [2.45, 2.75) is 12.4 Å². The number of nitrogens with zero attached hydrogens (tertiary/aromatic N) is 2. The Labute approximate surface area is 234 Å². The molecule has 4 nitrogen and oxygen atoms in total. The molecular formula is C30H18ClF6N3O. The summed E-state index contributed by atoms with van der Waals surface area (Å²) >= 11 is 6.30. The Bertz CT molecular complexity index is 1790. The first-order valence-corrected chi connectivity index (χ1v) is 12.4. The molecular weight excluding hydrogens is 568 g/mol. The maximum Gasteiger partial charge on any atom is 0.418 e. The summed E-state index contributed by atoms with van der Waals surface area (Å²) in [6.07, 6.45) is -8.53. The van der Waals surface area contributed by atoms with Crippen LogP contribution in [0, 0.1) is 0 Å². The molecule has 0 aliphatic carbocycles. The van der Waals surface area contributed by atoms with Crippen molar-refractivity contribution in [3.63, 3.8) is 0 Å². The van der Waals surface area contributed by atoms with E-state index in [0.29, 0.717) is 0 Å².